The average Bonchev–Trinajstić information content (AvgIpc) is 2.39. The van der Waals surface area contributed by atoms with Crippen molar-refractivity contribution in [3.63, 3.8) is 0 Å². The van der Waals surface area contributed by atoms with Crippen LogP contribution in [0.5, 0.6) is 0 Å². The van der Waals surface area contributed by atoms with Crippen molar-refractivity contribution in [2.45, 2.75) is 11.8 Å². The van der Waals surface area contributed by atoms with Crippen molar-refractivity contribution in [2.75, 3.05) is 0 Å². The van der Waals surface area contributed by atoms with Crippen molar-refractivity contribution >= 4 is 15.9 Å². The van der Waals surface area contributed by atoms with Gasteiger partial charge in [-0.25, -0.2) is 0 Å². The fraction of sp³-hybridized carbons (Fsp3) is 0.143. The molecule has 0 saturated heterocycles. The summed E-state index contributed by atoms with van der Waals surface area (Å²) < 4.78 is 56.4. The van der Waals surface area contributed by atoms with E-state index in [1.165, 1.54) is 30.3 Å². The predicted octanol–water partition coefficient (Wildman–Crippen LogP) is 5.33. The van der Waals surface area contributed by atoms with E-state index in [0.29, 0.717) is 4.47 Å². The summed E-state index contributed by atoms with van der Waals surface area (Å²) in [5.74, 6) is -8.55. The van der Waals surface area contributed by atoms with E-state index >= 15 is 0 Å². The summed E-state index contributed by atoms with van der Waals surface area (Å²) in [6.07, 6.45) is 0. The molecular weight excluding hydrogens is 324 g/mol. The molecular formula is C14H9BrF4. The Morgan fingerprint density at radius 3 is 1.79 bits per heavy atom. The molecule has 0 amide bonds. The fourth-order valence-electron chi connectivity index (χ4n) is 1.69. The molecule has 0 radical (unpaired) electrons. The van der Waals surface area contributed by atoms with Crippen molar-refractivity contribution < 1.29 is 17.6 Å². The Morgan fingerprint density at radius 1 is 0.684 bits per heavy atom. The van der Waals surface area contributed by atoms with E-state index in [1.807, 2.05) is 0 Å². The predicted molar refractivity (Wildman–Crippen MR) is 68.4 cm³/mol. The van der Waals surface area contributed by atoms with E-state index in [1.54, 1.807) is 0 Å². The highest BCUT2D eigenvalue weighted by molar-refractivity contribution is 9.10. The van der Waals surface area contributed by atoms with Crippen LogP contribution in [0.15, 0.2) is 59.1 Å². The van der Waals surface area contributed by atoms with Crippen LogP contribution in [0.25, 0.3) is 0 Å². The molecule has 2 rings (SSSR count). The van der Waals surface area contributed by atoms with Crippen LogP contribution in [-0.4, -0.2) is 0 Å². The molecule has 2 aromatic rings. The minimum absolute atomic E-state index is 0.327. The maximum Gasteiger partial charge on any atom is 0.339 e. The highest BCUT2D eigenvalue weighted by Gasteiger charge is 2.58. The van der Waals surface area contributed by atoms with E-state index in [9.17, 15) is 17.6 Å². The van der Waals surface area contributed by atoms with Gasteiger partial charge >= 0.3 is 11.8 Å². The Bertz CT molecular complexity index is 567. The van der Waals surface area contributed by atoms with Gasteiger partial charge in [0.15, 0.2) is 0 Å². The molecule has 0 N–H and O–H groups in total. The summed E-state index contributed by atoms with van der Waals surface area (Å²) in [7, 11) is 0. The smallest absolute Gasteiger partial charge is 0.194 e. The SMILES string of the molecule is FC(F)(c1ccccc1)C(F)(F)c1cccc(Br)c1. The Labute approximate surface area is 116 Å². The zero-order valence-electron chi connectivity index (χ0n) is 9.59. The van der Waals surface area contributed by atoms with Crippen LogP contribution >= 0.6 is 15.9 Å². The van der Waals surface area contributed by atoms with Gasteiger partial charge in [-0.1, -0.05) is 58.4 Å². The summed E-state index contributed by atoms with van der Waals surface area (Å²) >= 11 is 3.00. The third-order valence-electron chi connectivity index (χ3n) is 2.72. The lowest BCUT2D eigenvalue weighted by Gasteiger charge is -2.27. The third kappa shape index (κ3) is 2.52. The highest BCUT2D eigenvalue weighted by atomic mass is 79.9. The first-order valence-electron chi connectivity index (χ1n) is 5.43. The summed E-state index contributed by atoms with van der Waals surface area (Å²) in [5.41, 5.74) is -1.43. The van der Waals surface area contributed by atoms with Crippen LogP contribution < -0.4 is 0 Å². The van der Waals surface area contributed by atoms with Gasteiger partial charge in [-0.3, -0.25) is 0 Å². The van der Waals surface area contributed by atoms with Gasteiger partial charge in [-0.15, -0.1) is 0 Å². The molecule has 5 heteroatoms. The highest BCUT2D eigenvalue weighted by Crippen LogP contribution is 2.49. The number of alkyl halides is 4. The zero-order valence-corrected chi connectivity index (χ0v) is 11.2. The van der Waals surface area contributed by atoms with Gasteiger partial charge in [0.25, 0.3) is 0 Å². The maximum absolute atomic E-state index is 14.0. The van der Waals surface area contributed by atoms with Crippen molar-refractivity contribution in [2.24, 2.45) is 0 Å². The molecule has 2 aromatic carbocycles. The van der Waals surface area contributed by atoms with E-state index in [2.05, 4.69) is 15.9 Å². The first-order chi connectivity index (χ1) is 8.85. The number of halogens is 5. The third-order valence-corrected chi connectivity index (χ3v) is 3.21. The van der Waals surface area contributed by atoms with Gasteiger partial charge in [0, 0.05) is 15.6 Å². The lowest BCUT2D eigenvalue weighted by atomic mass is 9.96. The Balaban J connectivity index is 2.49. The molecule has 0 bridgehead atoms. The normalized spacial score (nSPS) is 12.5. The van der Waals surface area contributed by atoms with Gasteiger partial charge in [0.05, 0.1) is 0 Å². The monoisotopic (exact) mass is 332 g/mol. The van der Waals surface area contributed by atoms with Crippen LogP contribution in [0.3, 0.4) is 0 Å². The van der Waals surface area contributed by atoms with Crippen LogP contribution in [0.2, 0.25) is 0 Å². The molecule has 19 heavy (non-hydrogen) atoms. The van der Waals surface area contributed by atoms with E-state index in [-0.39, 0.29) is 0 Å². The van der Waals surface area contributed by atoms with Crippen molar-refractivity contribution in [3.8, 4) is 0 Å². The van der Waals surface area contributed by atoms with Crippen LogP contribution in [0.1, 0.15) is 11.1 Å². The number of benzene rings is 2. The molecule has 0 aromatic heterocycles. The Kier molecular flexibility index (Phi) is 3.67. The van der Waals surface area contributed by atoms with Gasteiger partial charge in [-0.05, 0) is 12.1 Å². The minimum atomic E-state index is -4.28. The number of hydrogen-bond donors (Lipinski definition) is 0. The van der Waals surface area contributed by atoms with Crippen LogP contribution in [0, 0.1) is 0 Å². The minimum Gasteiger partial charge on any atom is -0.194 e. The molecule has 0 atom stereocenters. The molecule has 0 aliphatic rings. The zero-order chi connectivity index (χ0) is 14.1. The molecule has 0 aliphatic carbocycles. The second-order valence-corrected chi connectivity index (χ2v) is 4.94. The van der Waals surface area contributed by atoms with E-state index in [0.717, 1.165) is 24.3 Å². The standard InChI is InChI=1S/C14H9BrF4/c15-12-8-4-7-11(9-12)14(18,19)13(16,17)10-5-2-1-3-6-10/h1-9H. The lowest BCUT2D eigenvalue weighted by Crippen LogP contribution is -2.35. The number of rotatable bonds is 3. The molecule has 0 heterocycles. The van der Waals surface area contributed by atoms with Gasteiger partial charge in [-0.2, -0.15) is 17.6 Å². The summed E-state index contributed by atoms with van der Waals surface area (Å²) in [6.45, 7) is 0. The van der Waals surface area contributed by atoms with Crippen LogP contribution in [0.4, 0.5) is 17.6 Å². The molecule has 0 fully saturated rings. The summed E-state index contributed by atoms with van der Waals surface area (Å²) in [5, 5.41) is 0. The van der Waals surface area contributed by atoms with E-state index < -0.39 is 23.0 Å². The number of hydrogen-bond acceptors (Lipinski definition) is 0. The summed E-state index contributed by atoms with van der Waals surface area (Å²) in [4.78, 5) is 0. The van der Waals surface area contributed by atoms with Gasteiger partial charge in [0.2, 0.25) is 0 Å². The second-order valence-electron chi connectivity index (χ2n) is 4.03. The van der Waals surface area contributed by atoms with Crippen molar-refractivity contribution in [1.29, 1.82) is 0 Å². The van der Waals surface area contributed by atoms with Gasteiger partial charge < -0.3 is 0 Å². The first kappa shape index (κ1) is 14.1. The van der Waals surface area contributed by atoms with Crippen molar-refractivity contribution in [3.05, 3.63) is 70.2 Å². The maximum atomic E-state index is 14.0. The molecule has 0 spiro atoms. The topological polar surface area (TPSA) is 0 Å². The summed E-state index contributed by atoms with van der Waals surface area (Å²) in [6, 6.07) is 10.9. The molecule has 0 nitrogen and oxygen atoms in total. The molecule has 0 saturated carbocycles. The first-order valence-corrected chi connectivity index (χ1v) is 6.22. The molecule has 0 unspecified atom stereocenters. The molecule has 100 valence electrons. The van der Waals surface area contributed by atoms with E-state index in [4.69, 9.17) is 0 Å². The Morgan fingerprint density at radius 2 is 1.21 bits per heavy atom. The fourth-order valence-corrected chi connectivity index (χ4v) is 2.09. The Hall–Kier alpha value is -1.36. The average molecular weight is 333 g/mol. The quantitative estimate of drug-likeness (QED) is 0.666. The largest absolute Gasteiger partial charge is 0.339 e. The van der Waals surface area contributed by atoms with Crippen molar-refractivity contribution in [1.82, 2.24) is 0 Å². The lowest BCUT2D eigenvalue weighted by molar-refractivity contribution is -0.223. The van der Waals surface area contributed by atoms with Crippen LogP contribution in [-0.2, 0) is 11.8 Å². The molecule has 0 aliphatic heterocycles. The second kappa shape index (κ2) is 4.96. The van der Waals surface area contributed by atoms with Gasteiger partial charge in [0.1, 0.15) is 0 Å².